The Bertz CT molecular complexity index is 607. The smallest absolute Gasteiger partial charge is 0.345 e. The predicted octanol–water partition coefficient (Wildman–Crippen LogP) is 2.05. The lowest BCUT2D eigenvalue weighted by Gasteiger charge is -2.26. The minimum absolute atomic E-state index is 0.420. The number of alkyl halides is 4. The molecule has 8 nitrogen and oxygen atoms in total. The van der Waals surface area contributed by atoms with Gasteiger partial charge in [0.2, 0.25) is 0 Å². The van der Waals surface area contributed by atoms with E-state index in [4.69, 9.17) is 0 Å². The van der Waals surface area contributed by atoms with Gasteiger partial charge < -0.3 is 18.9 Å². The zero-order valence-corrected chi connectivity index (χ0v) is 16.3. The molecule has 29 heavy (non-hydrogen) atoms. The molecule has 0 fully saturated rings. The molecule has 0 aromatic carbocycles. The van der Waals surface area contributed by atoms with Crippen molar-refractivity contribution in [1.82, 2.24) is 0 Å². The summed E-state index contributed by atoms with van der Waals surface area (Å²) in [5.74, 6) is -15.1. The number of carbonyl (C=O) groups is 4. The SMILES string of the molecule is CCOC(=O)C(C(=O)OCC)=C(C(C(=O)OCC)C(=O)OCC)C(F)(F)C(F)F. The van der Waals surface area contributed by atoms with Gasteiger partial charge in [-0.15, -0.1) is 0 Å². The average molecular weight is 430 g/mol. The third-order valence-electron chi connectivity index (χ3n) is 3.19. The van der Waals surface area contributed by atoms with Gasteiger partial charge in [0.15, 0.2) is 11.5 Å². The highest BCUT2D eigenvalue weighted by Gasteiger charge is 2.56. The lowest BCUT2D eigenvalue weighted by atomic mass is 9.88. The van der Waals surface area contributed by atoms with E-state index in [1.165, 1.54) is 27.7 Å². The molecule has 0 unspecified atom stereocenters. The van der Waals surface area contributed by atoms with Crippen molar-refractivity contribution in [2.45, 2.75) is 40.0 Å². The summed E-state index contributed by atoms with van der Waals surface area (Å²) in [6.45, 7) is 3.31. The van der Waals surface area contributed by atoms with Crippen LogP contribution < -0.4 is 0 Å². The molecular weight excluding hydrogens is 408 g/mol. The molecule has 0 aromatic heterocycles. The van der Waals surface area contributed by atoms with Gasteiger partial charge in [-0.3, -0.25) is 9.59 Å². The molecule has 0 saturated heterocycles. The van der Waals surface area contributed by atoms with Gasteiger partial charge in [-0.25, -0.2) is 18.4 Å². The Morgan fingerprint density at radius 3 is 1.34 bits per heavy atom. The maximum atomic E-state index is 14.5. The zero-order valence-electron chi connectivity index (χ0n) is 16.3. The van der Waals surface area contributed by atoms with Crippen molar-refractivity contribution in [3.63, 3.8) is 0 Å². The molecule has 12 heteroatoms. The minimum atomic E-state index is -5.28. The molecule has 0 aromatic rings. The van der Waals surface area contributed by atoms with Crippen LogP contribution in [0.15, 0.2) is 11.1 Å². The van der Waals surface area contributed by atoms with E-state index in [2.05, 4.69) is 18.9 Å². The Morgan fingerprint density at radius 2 is 1.07 bits per heavy atom. The number of halogens is 4. The first-order valence-corrected chi connectivity index (χ1v) is 8.59. The van der Waals surface area contributed by atoms with E-state index in [1.807, 2.05) is 0 Å². The lowest BCUT2D eigenvalue weighted by Crippen LogP contribution is -2.43. The van der Waals surface area contributed by atoms with E-state index >= 15 is 0 Å². The summed E-state index contributed by atoms with van der Waals surface area (Å²) in [5.41, 5.74) is -3.81. The third kappa shape index (κ3) is 6.71. The predicted molar refractivity (Wildman–Crippen MR) is 88.0 cm³/mol. The van der Waals surface area contributed by atoms with Crippen LogP contribution >= 0.6 is 0 Å². The highest BCUT2D eigenvalue weighted by atomic mass is 19.3. The van der Waals surface area contributed by atoms with E-state index in [-0.39, 0.29) is 0 Å². The van der Waals surface area contributed by atoms with Gasteiger partial charge in [0.05, 0.1) is 32.0 Å². The highest BCUT2D eigenvalue weighted by molar-refractivity contribution is 6.17. The Morgan fingerprint density at radius 1 is 0.724 bits per heavy atom. The van der Waals surface area contributed by atoms with Crippen LogP contribution in [0.2, 0.25) is 0 Å². The summed E-state index contributed by atoms with van der Waals surface area (Å²) in [6, 6.07) is 0. The summed E-state index contributed by atoms with van der Waals surface area (Å²) >= 11 is 0. The van der Waals surface area contributed by atoms with Crippen molar-refractivity contribution in [2.75, 3.05) is 26.4 Å². The van der Waals surface area contributed by atoms with Crippen LogP contribution in [-0.2, 0) is 38.1 Å². The largest absolute Gasteiger partial charge is 0.465 e. The number of esters is 4. The Hall–Kier alpha value is -2.66. The summed E-state index contributed by atoms with van der Waals surface area (Å²) in [4.78, 5) is 48.7. The monoisotopic (exact) mass is 430 g/mol. The third-order valence-corrected chi connectivity index (χ3v) is 3.19. The van der Waals surface area contributed by atoms with Gasteiger partial charge in [-0.2, -0.15) is 8.78 Å². The Labute approximate surface area is 164 Å². The van der Waals surface area contributed by atoms with Gasteiger partial charge in [0.25, 0.3) is 0 Å². The molecule has 0 aliphatic heterocycles. The number of hydrogen-bond acceptors (Lipinski definition) is 8. The maximum Gasteiger partial charge on any atom is 0.345 e. The Balaban J connectivity index is 7.14. The maximum absolute atomic E-state index is 14.5. The molecule has 0 amide bonds. The topological polar surface area (TPSA) is 105 Å². The molecule has 0 radical (unpaired) electrons. The van der Waals surface area contributed by atoms with Crippen LogP contribution in [-0.4, -0.2) is 62.7 Å². The second kappa shape index (κ2) is 12.0. The van der Waals surface area contributed by atoms with Crippen LogP contribution in [0.25, 0.3) is 0 Å². The van der Waals surface area contributed by atoms with Gasteiger partial charge in [0.1, 0.15) is 0 Å². The Kier molecular flexibility index (Phi) is 10.9. The van der Waals surface area contributed by atoms with Crippen LogP contribution in [0.4, 0.5) is 17.6 Å². The molecule has 0 rings (SSSR count). The minimum Gasteiger partial charge on any atom is -0.465 e. The molecule has 166 valence electrons. The molecule has 0 aliphatic rings. The number of carbonyl (C=O) groups excluding carboxylic acids is 4. The van der Waals surface area contributed by atoms with Crippen molar-refractivity contribution in [3.8, 4) is 0 Å². The van der Waals surface area contributed by atoms with E-state index in [9.17, 15) is 36.7 Å². The zero-order chi connectivity index (χ0) is 22.8. The normalized spacial score (nSPS) is 11.1. The quantitative estimate of drug-likeness (QED) is 0.123. The van der Waals surface area contributed by atoms with Gasteiger partial charge >= 0.3 is 36.2 Å². The van der Waals surface area contributed by atoms with Crippen LogP contribution in [0.3, 0.4) is 0 Å². The van der Waals surface area contributed by atoms with Gasteiger partial charge in [0, 0.05) is 0 Å². The molecule has 0 aliphatic carbocycles. The van der Waals surface area contributed by atoms with Crippen molar-refractivity contribution in [3.05, 3.63) is 11.1 Å². The molecule has 0 heterocycles. The summed E-state index contributed by atoms with van der Waals surface area (Å²) in [6.07, 6.45) is -4.50. The van der Waals surface area contributed by atoms with Crippen molar-refractivity contribution >= 4 is 23.9 Å². The van der Waals surface area contributed by atoms with E-state index in [0.29, 0.717) is 0 Å². The van der Waals surface area contributed by atoms with Gasteiger partial charge in [-0.1, -0.05) is 0 Å². The molecular formula is C17H22F4O8. The first kappa shape index (κ1) is 26.3. The second-order valence-electron chi connectivity index (χ2n) is 5.09. The molecule has 0 spiro atoms. The van der Waals surface area contributed by atoms with E-state index in [0.717, 1.165) is 0 Å². The van der Waals surface area contributed by atoms with E-state index < -0.39 is 79.7 Å². The molecule has 0 bridgehead atoms. The fourth-order valence-corrected chi connectivity index (χ4v) is 2.11. The molecule has 0 atom stereocenters. The van der Waals surface area contributed by atoms with Crippen LogP contribution in [0.1, 0.15) is 27.7 Å². The van der Waals surface area contributed by atoms with Crippen molar-refractivity contribution in [2.24, 2.45) is 5.92 Å². The number of ether oxygens (including phenoxy) is 4. The number of rotatable bonds is 11. The van der Waals surface area contributed by atoms with Crippen molar-refractivity contribution < 1.29 is 55.7 Å². The summed E-state index contributed by atoms with van der Waals surface area (Å²) < 4.78 is 73.3. The highest BCUT2D eigenvalue weighted by Crippen LogP contribution is 2.39. The van der Waals surface area contributed by atoms with E-state index in [1.54, 1.807) is 0 Å². The van der Waals surface area contributed by atoms with Gasteiger partial charge in [-0.05, 0) is 27.7 Å². The molecule has 0 N–H and O–H groups in total. The summed E-state index contributed by atoms with van der Waals surface area (Å²) in [7, 11) is 0. The van der Waals surface area contributed by atoms with Crippen LogP contribution in [0.5, 0.6) is 0 Å². The fourth-order valence-electron chi connectivity index (χ4n) is 2.11. The lowest BCUT2D eigenvalue weighted by molar-refractivity contribution is -0.164. The number of hydrogen-bond donors (Lipinski definition) is 0. The standard InChI is InChI=1S/C17H22F4O8/c1-5-26-12(22)9(13(23)27-6-2)11(17(20,21)16(18)19)10(14(24)28-7-3)15(25)29-8-4/h9,16H,5-8H2,1-4H3. The first-order chi connectivity index (χ1) is 13.5. The molecule has 0 saturated carbocycles. The first-order valence-electron chi connectivity index (χ1n) is 8.59. The second-order valence-corrected chi connectivity index (χ2v) is 5.09. The summed E-state index contributed by atoms with van der Waals surface area (Å²) in [5, 5.41) is 0. The van der Waals surface area contributed by atoms with Crippen molar-refractivity contribution in [1.29, 1.82) is 0 Å². The fraction of sp³-hybridized carbons (Fsp3) is 0.647. The van der Waals surface area contributed by atoms with Crippen LogP contribution in [0, 0.1) is 5.92 Å². The average Bonchev–Trinajstić information content (AvgIpc) is 2.61.